The standard InChI is InChI=1S/C12H17NOS/c1-15-9-12-8-14-10-13(12)7-11-5-3-2-4-6-11/h2-6,12H,7-10H2,1H3/t12-/m1/s1. The van der Waals surface area contributed by atoms with Crippen LogP contribution in [0.2, 0.25) is 0 Å². The van der Waals surface area contributed by atoms with E-state index in [1.54, 1.807) is 0 Å². The third kappa shape index (κ3) is 2.97. The van der Waals surface area contributed by atoms with Crippen molar-refractivity contribution in [3.8, 4) is 0 Å². The van der Waals surface area contributed by atoms with Crippen LogP contribution in [0, 0.1) is 0 Å². The molecule has 0 aromatic heterocycles. The molecule has 1 aromatic rings. The monoisotopic (exact) mass is 223 g/mol. The summed E-state index contributed by atoms with van der Waals surface area (Å²) in [6.07, 6.45) is 2.15. The molecule has 1 heterocycles. The molecule has 15 heavy (non-hydrogen) atoms. The first-order valence-corrected chi connectivity index (χ1v) is 6.64. The molecule has 3 heteroatoms. The smallest absolute Gasteiger partial charge is 0.0997 e. The molecule has 0 bridgehead atoms. The molecule has 0 spiro atoms. The van der Waals surface area contributed by atoms with E-state index in [0.29, 0.717) is 6.04 Å². The highest BCUT2D eigenvalue weighted by atomic mass is 32.2. The van der Waals surface area contributed by atoms with E-state index in [1.807, 2.05) is 11.8 Å². The van der Waals surface area contributed by atoms with E-state index in [4.69, 9.17) is 4.74 Å². The summed E-state index contributed by atoms with van der Waals surface area (Å²) in [5.41, 5.74) is 1.37. The zero-order valence-corrected chi connectivity index (χ0v) is 9.87. The van der Waals surface area contributed by atoms with Crippen LogP contribution in [0.1, 0.15) is 5.56 Å². The van der Waals surface area contributed by atoms with Crippen LogP contribution in [0.3, 0.4) is 0 Å². The molecular weight excluding hydrogens is 206 g/mol. The number of ether oxygens (including phenoxy) is 1. The Morgan fingerprint density at radius 2 is 2.20 bits per heavy atom. The number of rotatable bonds is 4. The van der Waals surface area contributed by atoms with Crippen molar-refractivity contribution in [3.05, 3.63) is 35.9 Å². The van der Waals surface area contributed by atoms with Crippen LogP contribution >= 0.6 is 11.8 Å². The van der Waals surface area contributed by atoms with Crippen molar-refractivity contribution in [2.24, 2.45) is 0 Å². The normalized spacial score (nSPS) is 22.1. The second-order valence-corrected chi connectivity index (χ2v) is 4.75. The van der Waals surface area contributed by atoms with Gasteiger partial charge in [-0.25, -0.2) is 0 Å². The molecule has 1 fully saturated rings. The first-order chi connectivity index (χ1) is 7.40. The molecule has 2 nitrogen and oxygen atoms in total. The van der Waals surface area contributed by atoms with Gasteiger partial charge in [-0.2, -0.15) is 11.8 Å². The Hall–Kier alpha value is -0.510. The molecule has 0 saturated carbocycles. The van der Waals surface area contributed by atoms with Gasteiger partial charge in [0.1, 0.15) is 0 Å². The molecule has 0 N–H and O–H groups in total. The maximum atomic E-state index is 5.51. The summed E-state index contributed by atoms with van der Waals surface area (Å²) >= 11 is 1.89. The van der Waals surface area contributed by atoms with Gasteiger partial charge in [0.05, 0.1) is 13.3 Å². The molecule has 1 atom stereocenters. The molecule has 0 aliphatic carbocycles. The molecule has 1 aliphatic heterocycles. The second kappa shape index (κ2) is 5.54. The van der Waals surface area contributed by atoms with Crippen molar-refractivity contribution in [2.75, 3.05) is 25.3 Å². The van der Waals surface area contributed by atoms with E-state index in [9.17, 15) is 0 Å². The van der Waals surface area contributed by atoms with Gasteiger partial charge in [0.2, 0.25) is 0 Å². The minimum absolute atomic E-state index is 0.584. The van der Waals surface area contributed by atoms with E-state index in [2.05, 4.69) is 41.5 Å². The largest absolute Gasteiger partial charge is 0.364 e. The lowest BCUT2D eigenvalue weighted by atomic mass is 10.2. The maximum Gasteiger partial charge on any atom is 0.0997 e. The zero-order valence-electron chi connectivity index (χ0n) is 9.06. The number of thioether (sulfide) groups is 1. The first-order valence-electron chi connectivity index (χ1n) is 5.25. The van der Waals surface area contributed by atoms with E-state index in [0.717, 1.165) is 25.6 Å². The van der Waals surface area contributed by atoms with Crippen LogP contribution in [-0.4, -0.2) is 36.3 Å². The predicted molar refractivity (Wildman–Crippen MR) is 65.0 cm³/mol. The molecule has 0 amide bonds. The van der Waals surface area contributed by atoms with Crippen LogP contribution in [0.25, 0.3) is 0 Å². The van der Waals surface area contributed by atoms with Gasteiger partial charge in [0, 0.05) is 18.3 Å². The lowest BCUT2D eigenvalue weighted by Crippen LogP contribution is -2.32. The summed E-state index contributed by atoms with van der Waals surface area (Å²) in [6, 6.07) is 11.2. The summed E-state index contributed by atoms with van der Waals surface area (Å²) < 4.78 is 5.51. The van der Waals surface area contributed by atoms with Gasteiger partial charge in [0.15, 0.2) is 0 Å². The molecule has 0 radical (unpaired) electrons. The molecule has 2 rings (SSSR count). The fourth-order valence-electron chi connectivity index (χ4n) is 1.86. The van der Waals surface area contributed by atoms with Crippen molar-refractivity contribution in [1.82, 2.24) is 4.90 Å². The highest BCUT2D eigenvalue weighted by Crippen LogP contribution is 2.16. The number of hydrogen-bond donors (Lipinski definition) is 0. The van der Waals surface area contributed by atoms with Crippen LogP contribution in [0.15, 0.2) is 30.3 Å². The van der Waals surface area contributed by atoms with Crippen molar-refractivity contribution in [1.29, 1.82) is 0 Å². The van der Waals surface area contributed by atoms with Crippen molar-refractivity contribution in [3.63, 3.8) is 0 Å². The summed E-state index contributed by atoms with van der Waals surface area (Å²) in [6.45, 7) is 2.67. The van der Waals surface area contributed by atoms with E-state index < -0.39 is 0 Å². The maximum absolute atomic E-state index is 5.51. The predicted octanol–water partition coefficient (Wildman–Crippen LogP) is 2.21. The fraction of sp³-hybridized carbons (Fsp3) is 0.500. The summed E-state index contributed by atoms with van der Waals surface area (Å²) in [5.74, 6) is 1.16. The fourth-order valence-corrected chi connectivity index (χ4v) is 2.55. The highest BCUT2D eigenvalue weighted by molar-refractivity contribution is 7.98. The van der Waals surface area contributed by atoms with E-state index in [1.165, 1.54) is 5.56 Å². The molecular formula is C12H17NOS. The Kier molecular flexibility index (Phi) is 4.06. The van der Waals surface area contributed by atoms with Gasteiger partial charge in [-0.15, -0.1) is 0 Å². The topological polar surface area (TPSA) is 12.5 Å². The van der Waals surface area contributed by atoms with Gasteiger partial charge in [-0.1, -0.05) is 30.3 Å². The van der Waals surface area contributed by atoms with Gasteiger partial charge in [0.25, 0.3) is 0 Å². The summed E-state index contributed by atoms with van der Waals surface area (Å²) in [4.78, 5) is 2.41. The summed E-state index contributed by atoms with van der Waals surface area (Å²) in [5, 5.41) is 0. The van der Waals surface area contributed by atoms with Gasteiger partial charge in [-0.3, -0.25) is 4.90 Å². The minimum Gasteiger partial charge on any atom is -0.364 e. The molecule has 0 unspecified atom stereocenters. The Bertz CT molecular complexity index is 291. The quantitative estimate of drug-likeness (QED) is 0.776. The minimum atomic E-state index is 0.584. The van der Waals surface area contributed by atoms with Crippen LogP contribution in [0.4, 0.5) is 0 Å². The SMILES string of the molecule is CSC[C@H]1COCN1Cc1ccccc1. The average Bonchev–Trinajstić information content (AvgIpc) is 2.68. The third-order valence-electron chi connectivity index (χ3n) is 2.67. The molecule has 1 aliphatic rings. The van der Waals surface area contributed by atoms with Crippen LogP contribution in [-0.2, 0) is 11.3 Å². The third-order valence-corrected chi connectivity index (χ3v) is 3.39. The van der Waals surface area contributed by atoms with Gasteiger partial charge in [-0.05, 0) is 11.8 Å². The second-order valence-electron chi connectivity index (χ2n) is 3.84. The summed E-state index contributed by atoms with van der Waals surface area (Å²) in [7, 11) is 0. The Morgan fingerprint density at radius 3 is 2.93 bits per heavy atom. The van der Waals surface area contributed by atoms with Crippen molar-refractivity contribution in [2.45, 2.75) is 12.6 Å². The Morgan fingerprint density at radius 1 is 1.40 bits per heavy atom. The number of benzene rings is 1. The molecule has 1 saturated heterocycles. The van der Waals surface area contributed by atoms with Crippen LogP contribution < -0.4 is 0 Å². The lowest BCUT2D eigenvalue weighted by molar-refractivity contribution is 0.135. The number of nitrogens with zero attached hydrogens (tertiary/aromatic N) is 1. The zero-order chi connectivity index (χ0) is 10.5. The highest BCUT2D eigenvalue weighted by Gasteiger charge is 2.24. The first kappa shape index (κ1) is 11.0. The van der Waals surface area contributed by atoms with E-state index in [-0.39, 0.29) is 0 Å². The van der Waals surface area contributed by atoms with E-state index >= 15 is 0 Å². The average molecular weight is 223 g/mol. The molecule has 82 valence electrons. The van der Waals surface area contributed by atoms with Crippen molar-refractivity contribution < 1.29 is 4.74 Å². The van der Waals surface area contributed by atoms with Crippen LogP contribution in [0.5, 0.6) is 0 Å². The number of hydrogen-bond acceptors (Lipinski definition) is 3. The van der Waals surface area contributed by atoms with Gasteiger partial charge >= 0.3 is 0 Å². The van der Waals surface area contributed by atoms with Gasteiger partial charge < -0.3 is 4.74 Å². The lowest BCUT2D eigenvalue weighted by Gasteiger charge is -2.21. The Balaban J connectivity index is 1.93. The van der Waals surface area contributed by atoms with Crippen molar-refractivity contribution >= 4 is 11.8 Å². The molecule has 1 aromatic carbocycles. The Labute approximate surface area is 95.6 Å².